The summed E-state index contributed by atoms with van der Waals surface area (Å²) in [5.74, 6) is 0.625. The number of hydrogen-bond acceptors (Lipinski definition) is 0. The van der Waals surface area contributed by atoms with Gasteiger partial charge in [0.15, 0.2) is 0 Å². The third-order valence-electron chi connectivity index (χ3n) is 4.88. The maximum absolute atomic E-state index is 4.13. The average molecular weight is 321 g/mol. The molecule has 1 aromatic carbocycles. The van der Waals surface area contributed by atoms with E-state index in [1.54, 1.807) is 11.1 Å². The second-order valence-corrected chi connectivity index (χ2v) is 7.89. The van der Waals surface area contributed by atoms with Gasteiger partial charge in [-0.3, -0.25) is 0 Å². The molecule has 0 spiro atoms. The van der Waals surface area contributed by atoms with Crippen LogP contribution in [0.4, 0.5) is 0 Å². The smallest absolute Gasteiger partial charge is 0.113 e. The Bertz CT molecular complexity index is 532. The Balaban J connectivity index is 2.11. The zero-order valence-electron chi connectivity index (χ0n) is 12.0. The van der Waals surface area contributed by atoms with Gasteiger partial charge < -0.3 is 5.32 Å². The van der Waals surface area contributed by atoms with Gasteiger partial charge in [0, 0.05) is 28.8 Å². The average Bonchev–Trinajstić information content (AvgIpc) is 2.27. The number of piperidine rings is 1. The molecule has 2 aliphatic heterocycles. The van der Waals surface area contributed by atoms with Crippen LogP contribution in [0.25, 0.3) is 0 Å². The largest absolute Gasteiger partial charge is 0.337 e. The van der Waals surface area contributed by atoms with Crippen molar-refractivity contribution in [3.63, 3.8) is 0 Å². The molecule has 1 fully saturated rings. The van der Waals surface area contributed by atoms with Gasteiger partial charge in [0.25, 0.3) is 0 Å². The van der Waals surface area contributed by atoms with E-state index in [2.05, 4.69) is 66.8 Å². The minimum Gasteiger partial charge on any atom is -0.337 e. The molecule has 1 aliphatic carbocycles. The summed E-state index contributed by atoms with van der Waals surface area (Å²) in [6.07, 6.45) is 2.42. The van der Waals surface area contributed by atoms with E-state index in [4.69, 9.17) is 0 Å². The van der Waals surface area contributed by atoms with E-state index >= 15 is 0 Å². The highest BCUT2D eigenvalue weighted by Crippen LogP contribution is 2.54. The van der Waals surface area contributed by atoms with Gasteiger partial charge in [-0.1, -0.05) is 54.1 Å². The van der Waals surface area contributed by atoms with E-state index in [1.807, 2.05) is 0 Å². The highest BCUT2D eigenvalue weighted by atomic mass is 79.9. The molecule has 3 atom stereocenters. The summed E-state index contributed by atoms with van der Waals surface area (Å²) in [4.78, 5) is 0. The number of benzene rings is 1. The minimum atomic E-state index is 0.385. The summed E-state index contributed by atoms with van der Waals surface area (Å²) < 4.78 is 1.30. The van der Waals surface area contributed by atoms with Gasteiger partial charge in [0.2, 0.25) is 0 Å². The zero-order valence-corrected chi connectivity index (χ0v) is 13.6. The number of halogens is 1. The molecule has 0 amide bonds. The van der Waals surface area contributed by atoms with Crippen molar-refractivity contribution < 1.29 is 5.32 Å². The summed E-state index contributed by atoms with van der Waals surface area (Å²) >= 11 is 3.79. The lowest BCUT2D eigenvalue weighted by atomic mass is 9.58. The van der Waals surface area contributed by atoms with Crippen molar-refractivity contribution in [2.45, 2.75) is 51.6 Å². The van der Waals surface area contributed by atoms with Crippen LogP contribution in [0, 0.1) is 5.41 Å². The van der Waals surface area contributed by atoms with E-state index in [-0.39, 0.29) is 0 Å². The number of hydrogen-bond donors (Lipinski definition) is 1. The van der Waals surface area contributed by atoms with Crippen LogP contribution in [-0.2, 0) is 0 Å². The van der Waals surface area contributed by atoms with Crippen LogP contribution >= 0.6 is 15.9 Å². The van der Waals surface area contributed by atoms with Crippen LogP contribution in [0.15, 0.2) is 34.8 Å². The highest BCUT2D eigenvalue weighted by molar-refractivity contribution is 9.10. The van der Waals surface area contributed by atoms with E-state index in [1.165, 1.54) is 16.5 Å². The molecule has 102 valence electrons. The van der Waals surface area contributed by atoms with Crippen molar-refractivity contribution in [2.24, 2.45) is 5.41 Å². The third-order valence-corrected chi connectivity index (χ3v) is 5.57. The van der Waals surface area contributed by atoms with Crippen LogP contribution in [0.1, 0.15) is 56.7 Å². The lowest BCUT2D eigenvalue weighted by molar-refractivity contribution is -0.749. The lowest BCUT2D eigenvalue weighted by Crippen LogP contribution is -2.96. The molecule has 0 aromatic heterocycles. The Morgan fingerprint density at radius 2 is 2.21 bits per heavy atom. The topological polar surface area (TPSA) is 16.6 Å². The maximum atomic E-state index is 4.13. The van der Waals surface area contributed by atoms with Gasteiger partial charge in [-0.05, 0) is 24.0 Å². The van der Waals surface area contributed by atoms with E-state index in [9.17, 15) is 0 Å². The predicted octanol–water partition coefficient (Wildman–Crippen LogP) is 3.92. The zero-order chi connectivity index (χ0) is 13.8. The summed E-state index contributed by atoms with van der Waals surface area (Å²) in [5.41, 5.74) is 4.81. The molecule has 3 aliphatic rings. The van der Waals surface area contributed by atoms with Crippen LogP contribution in [-0.4, -0.2) is 6.04 Å². The first kappa shape index (κ1) is 13.4. The molecular formula is C17H23BrN+. The van der Waals surface area contributed by atoms with Crippen molar-refractivity contribution in [2.75, 3.05) is 0 Å². The SMILES string of the molecule is C=C(C)C[C@@H]1[NH2+][C@H]2CC(C)(C)[C@H]1c1c(Br)cccc12. The Morgan fingerprint density at radius 3 is 2.89 bits per heavy atom. The highest BCUT2D eigenvalue weighted by Gasteiger charge is 2.53. The van der Waals surface area contributed by atoms with Gasteiger partial charge in [0.05, 0.1) is 6.04 Å². The first-order chi connectivity index (χ1) is 8.90. The summed E-state index contributed by atoms with van der Waals surface area (Å²) in [6, 6.07) is 7.97. The first-order valence-corrected chi connectivity index (χ1v) is 7.97. The van der Waals surface area contributed by atoms with Crippen molar-refractivity contribution >= 4 is 15.9 Å². The van der Waals surface area contributed by atoms with Crippen LogP contribution in [0.3, 0.4) is 0 Å². The molecule has 2 bridgehead atoms. The molecule has 0 unspecified atom stereocenters. The molecule has 2 N–H and O–H groups in total. The van der Waals surface area contributed by atoms with E-state index in [0.717, 1.165) is 6.42 Å². The molecular weight excluding hydrogens is 298 g/mol. The molecule has 2 heterocycles. The number of rotatable bonds is 2. The predicted molar refractivity (Wildman–Crippen MR) is 83.2 cm³/mol. The molecule has 19 heavy (non-hydrogen) atoms. The second-order valence-electron chi connectivity index (χ2n) is 7.04. The van der Waals surface area contributed by atoms with Crippen LogP contribution in [0.5, 0.6) is 0 Å². The third kappa shape index (κ3) is 2.09. The fourth-order valence-electron chi connectivity index (χ4n) is 4.36. The molecule has 4 rings (SSSR count). The second kappa shape index (κ2) is 4.46. The molecule has 1 nitrogen and oxygen atoms in total. The van der Waals surface area contributed by atoms with Crippen molar-refractivity contribution in [1.29, 1.82) is 0 Å². The maximum Gasteiger partial charge on any atom is 0.113 e. The van der Waals surface area contributed by atoms with Crippen molar-refractivity contribution in [1.82, 2.24) is 0 Å². The van der Waals surface area contributed by atoms with Crippen molar-refractivity contribution in [3.05, 3.63) is 46.0 Å². The standard InChI is InChI=1S/C17H22BrN/c1-10(2)8-13-16-15-11(6-5-7-12(15)18)14(19-13)9-17(16,3)4/h5-7,13-14,16,19H,1,8-9H2,2-4H3/p+1/t13-,14-,16+/m0/s1. The molecule has 2 heteroatoms. The molecule has 0 radical (unpaired) electrons. The number of fused-ring (bicyclic) bond motifs is 2. The van der Waals surface area contributed by atoms with Gasteiger partial charge >= 0.3 is 0 Å². The van der Waals surface area contributed by atoms with Crippen molar-refractivity contribution in [3.8, 4) is 0 Å². The molecule has 0 saturated carbocycles. The number of quaternary nitrogens is 1. The monoisotopic (exact) mass is 320 g/mol. The minimum absolute atomic E-state index is 0.385. The van der Waals surface area contributed by atoms with Gasteiger partial charge in [-0.25, -0.2) is 0 Å². The van der Waals surface area contributed by atoms with E-state index in [0.29, 0.717) is 23.4 Å². The fourth-order valence-corrected chi connectivity index (χ4v) is 4.99. The quantitative estimate of drug-likeness (QED) is 0.795. The normalized spacial score (nSPS) is 31.1. The Labute approximate surface area is 124 Å². The number of nitrogens with two attached hydrogens (primary N) is 1. The van der Waals surface area contributed by atoms with Crippen LogP contribution in [0.2, 0.25) is 0 Å². The lowest BCUT2D eigenvalue weighted by Gasteiger charge is -2.51. The van der Waals surface area contributed by atoms with Gasteiger partial charge in [-0.2, -0.15) is 0 Å². The Morgan fingerprint density at radius 1 is 1.47 bits per heavy atom. The summed E-state index contributed by atoms with van der Waals surface area (Å²) in [7, 11) is 0. The summed E-state index contributed by atoms with van der Waals surface area (Å²) in [6.45, 7) is 11.2. The van der Waals surface area contributed by atoms with Crippen LogP contribution < -0.4 is 5.32 Å². The first-order valence-electron chi connectivity index (χ1n) is 7.18. The Kier molecular flexibility index (Phi) is 3.14. The summed E-state index contributed by atoms with van der Waals surface area (Å²) in [5, 5.41) is 2.60. The Hall–Kier alpha value is -0.600. The fraction of sp³-hybridized carbons (Fsp3) is 0.529. The molecule has 1 aromatic rings. The molecule has 1 saturated heterocycles. The van der Waals surface area contributed by atoms with E-state index < -0.39 is 0 Å². The van der Waals surface area contributed by atoms with Gasteiger partial charge in [-0.15, -0.1) is 0 Å². The van der Waals surface area contributed by atoms with Gasteiger partial charge in [0.1, 0.15) is 6.04 Å².